The summed E-state index contributed by atoms with van der Waals surface area (Å²) in [6.07, 6.45) is 2.07. The van der Waals surface area contributed by atoms with Gasteiger partial charge in [-0.2, -0.15) is 0 Å². The molecular weight excluding hydrogens is 182 g/mol. The highest BCUT2D eigenvalue weighted by atomic mass is 16.3. The number of hydrogen-bond acceptors (Lipinski definition) is 4. The first kappa shape index (κ1) is 8.43. The first-order valence-corrected chi connectivity index (χ1v) is 3.96. The standard InChI is InChI=1S/C9H7N3O2/c13-5-9-11-10-6-12(9)7-1-3-8(14)4-2-7/h1-6,14H. The number of aldehydes is 1. The molecule has 1 N–H and O–H groups in total. The van der Waals surface area contributed by atoms with E-state index in [1.807, 2.05) is 0 Å². The Bertz CT molecular complexity index is 447. The van der Waals surface area contributed by atoms with E-state index in [9.17, 15) is 4.79 Å². The first-order chi connectivity index (χ1) is 6.81. The van der Waals surface area contributed by atoms with Crippen molar-refractivity contribution >= 4 is 6.29 Å². The maximum absolute atomic E-state index is 10.6. The lowest BCUT2D eigenvalue weighted by atomic mass is 10.3. The molecule has 0 amide bonds. The van der Waals surface area contributed by atoms with Crippen molar-refractivity contribution in [3.8, 4) is 11.4 Å². The lowest BCUT2D eigenvalue weighted by molar-refractivity contribution is 0.111. The topological polar surface area (TPSA) is 68.0 Å². The number of nitrogens with zero attached hydrogens (tertiary/aromatic N) is 3. The van der Waals surface area contributed by atoms with Crippen molar-refractivity contribution in [3.05, 3.63) is 36.4 Å². The molecule has 1 aromatic heterocycles. The zero-order valence-electron chi connectivity index (χ0n) is 7.16. The first-order valence-electron chi connectivity index (χ1n) is 3.96. The van der Waals surface area contributed by atoms with Crippen LogP contribution in [-0.4, -0.2) is 26.2 Å². The Hall–Kier alpha value is -2.17. The average Bonchev–Trinajstić information content (AvgIpc) is 2.67. The van der Waals surface area contributed by atoms with Crippen LogP contribution in [0.2, 0.25) is 0 Å². The summed E-state index contributed by atoms with van der Waals surface area (Å²) in [5.41, 5.74) is 0.731. The molecule has 1 heterocycles. The molecule has 0 aliphatic rings. The summed E-state index contributed by atoms with van der Waals surface area (Å²) in [7, 11) is 0. The molecule has 0 saturated carbocycles. The molecule has 0 radical (unpaired) electrons. The quantitative estimate of drug-likeness (QED) is 0.709. The molecule has 5 nitrogen and oxygen atoms in total. The van der Waals surface area contributed by atoms with Crippen LogP contribution in [0.15, 0.2) is 30.6 Å². The molecule has 70 valence electrons. The number of benzene rings is 1. The predicted molar refractivity (Wildman–Crippen MR) is 48.4 cm³/mol. The van der Waals surface area contributed by atoms with Gasteiger partial charge < -0.3 is 5.11 Å². The summed E-state index contributed by atoms with van der Waals surface area (Å²) in [6.45, 7) is 0. The molecule has 0 atom stereocenters. The third kappa shape index (κ3) is 1.35. The largest absolute Gasteiger partial charge is 0.508 e. The van der Waals surface area contributed by atoms with E-state index in [1.165, 1.54) is 23.0 Å². The van der Waals surface area contributed by atoms with E-state index >= 15 is 0 Å². The Kier molecular flexibility index (Phi) is 1.98. The van der Waals surface area contributed by atoms with Gasteiger partial charge in [0.1, 0.15) is 12.1 Å². The van der Waals surface area contributed by atoms with E-state index in [-0.39, 0.29) is 11.6 Å². The van der Waals surface area contributed by atoms with Crippen LogP contribution in [0.1, 0.15) is 10.6 Å². The Labute approximate surface area is 79.6 Å². The predicted octanol–water partition coefficient (Wildman–Crippen LogP) is 0.785. The second kappa shape index (κ2) is 3.29. The number of phenols is 1. The molecule has 0 spiro atoms. The second-order valence-electron chi connectivity index (χ2n) is 2.69. The average molecular weight is 189 g/mol. The van der Waals surface area contributed by atoms with Gasteiger partial charge in [-0.05, 0) is 24.3 Å². The van der Waals surface area contributed by atoms with Crippen LogP contribution in [0.5, 0.6) is 5.75 Å². The Morgan fingerprint density at radius 1 is 1.29 bits per heavy atom. The number of hydrogen-bond donors (Lipinski definition) is 1. The van der Waals surface area contributed by atoms with Crippen molar-refractivity contribution in [1.82, 2.24) is 14.8 Å². The molecule has 0 aliphatic heterocycles. The molecule has 0 unspecified atom stereocenters. The molecule has 5 heteroatoms. The number of rotatable bonds is 2. The minimum absolute atomic E-state index is 0.175. The second-order valence-corrected chi connectivity index (χ2v) is 2.69. The fourth-order valence-electron chi connectivity index (χ4n) is 1.14. The normalized spacial score (nSPS) is 10.0. The van der Waals surface area contributed by atoms with E-state index in [4.69, 9.17) is 5.11 Å². The van der Waals surface area contributed by atoms with Gasteiger partial charge in [-0.15, -0.1) is 10.2 Å². The Balaban J connectivity index is 2.49. The number of aromatic hydroxyl groups is 1. The number of carbonyl (C=O) groups excluding carboxylic acids is 1. The van der Waals surface area contributed by atoms with Gasteiger partial charge in [0.2, 0.25) is 5.82 Å². The van der Waals surface area contributed by atoms with Gasteiger partial charge in [-0.3, -0.25) is 9.36 Å². The number of carbonyl (C=O) groups is 1. The smallest absolute Gasteiger partial charge is 0.201 e. The number of phenolic OH excluding ortho intramolecular Hbond substituents is 1. The zero-order valence-corrected chi connectivity index (χ0v) is 7.16. The van der Waals surface area contributed by atoms with Crippen molar-refractivity contribution in [2.24, 2.45) is 0 Å². The van der Waals surface area contributed by atoms with Gasteiger partial charge in [-0.25, -0.2) is 0 Å². The van der Waals surface area contributed by atoms with Crippen LogP contribution in [0.4, 0.5) is 0 Å². The zero-order chi connectivity index (χ0) is 9.97. The highest BCUT2D eigenvalue weighted by Gasteiger charge is 2.03. The molecule has 0 fully saturated rings. The van der Waals surface area contributed by atoms with E-state index in [1.54, 1.807) is 12.1 Å². The van der Waals surface area contributed by atoms with Crippen LogP contribution < -0.4 is 0 Å². The molecular formula is C9H7N3O2. The van der Waals surface area contributed by atoms with Gasteiger partial charge in [0.05, 0.1) is 0 Å². The van der Waals surface area contributed by atoms with Crippen LogP contribution in [-0.2, 0) is 0 Å². The summed E-state index contributed by atoms with van der Waals surface area (Å²) in [5, 5.41) is 16.3. The molecule has 14 heavy (non-hydrogen) atoms. The lowest BCUT2D eigenvalue weighted by Gasteiger charge is -2.01. The Morgan fingerprint density at radius 2 is 2.00 bits per heavy atom. The van der Waals surface area contributed by atoms with Crippen LogP contribution in [0, 0.1) is 0 Å². The maximum atomic E-state index is 10.6. The van der Waals surface area contributed by atoms with Crippen molar-refractivity contribution in [1.29, 1.82) is 0 Å². The van der Waals surface area contributed by atoms with E-state index in [0.29, 0.717) is 6.29 Å². The van der Waals surface area contributed by atoms with Gasteiger partial charge in [0.25, 0.3) is 0 Å². The van der Waals surface area contributed by atoms with Gasteiger partial charge in [-0.1, -0.05) is 0 Å². The van der Waals surface area contributed by atoms with Crippen molar-refractivity contribution in [2.75, 3.05) is 0 Å². The van der Waals surface area contributed by atoms with E-state index < -0.39 is 0 Å². The summed E-state index contributed by atoms with van der Waals surface area (Å²) in [4.78, 5) is 10.6. The molecule has 2 rings (SSSR count). The van der Waals surface area contributed by atoms with Crippen LogP contribution in [0.3, 0.4) is 0 Å². The van der Waals surface area contributed by atoms with E-state index in [2.05, 4.69) is 10.2 Å². The van der Waals surface area contributed by atoms with Crippen molar-refractivity contribution < 1.29 is 9.90 Å². The van der Waals surface area contributed by atoms with Gasteiger partial charge in [0.15, 0.2) is 6.29 Å². The summed E-state index contributed by atoms with van der Waals surface area (Å²) in [5.74, 6) is 0.408. The summed E-state index contributed by atoms with van der Waals surface area (Å²) < 4.78 is 1.53. The summed E-state index contributed by atoms with van der Waals surface area (Å²) in [6, 6.07) is 6.41. The maximum Gasteiger partial charge on any atom is 0.201 e. The van der Waals surface area contributed by atoms with Crippen LogP contribution in [0.25, 0.3) is 5.69 Å². The monoisotopic (exact) mass is 189 g/mol. The minimum Gasteiger partial charge on any atom is -0.508 e. The van der Waals surface area contributed by atoms with Crippen molar-refractivity contribution in [3.63, 3.8) is 0 Å². The van der Waals surface area contributed by atoms with Crippen LogP contribution >= 0.6 is 0 Å². The Morgan fingerprint density at radius 3 is 2.64 bits per heavy atom. The lowest BCUT2D eigenvalue weighted by Crippen LogP contribution is -1.98. The third-order valence-corrected chi connectivity index (χ3v) is 1.81. The van der Waals surface area contributed by atoms with E-state index in [0.717, 1.165) is 5.69 Å². The highest BCUT2D eigenvalue weighted by molar-refractivity contribution is 5.70. The summed E-state index contributed by atoms with van der Waals surface area (Å²) >= 11 is 0. The van der Waals surface area contributed by atoms with Gasteiger partial charge in [0, 0.05) is 5.69 Å². The molecule has 0 bridgehead atoms. The number of aromatic nitrogens is 3. The van der Waals surface area contributed by atoms with Crippen molar-refractivity contribution in [2.45, 2.75) is 0 Å². The fraction of sp³-hybridized carbons (Fsp3) is 0. The molecule has 0 aliphatic carbocycles. The minimum atomic E-state index is 0.175. The third-order valence-electron chi connectivity index (χ3n) is 1.81. The molecule has 2 aromatic rings. The fourth-order valence-corrected chi connectivity index (χ4v) is 1.14. The van der Waals surface area contributed by atoms with Gasteiger partial charge >= 0.3 is 0 Å². The molecule has 0 saturated heterocycles. The molecule has 1 aromatic carbocycles. The highest BCUT2D eigenvalue weighted by Crippen LogP contribution is 2.13. The SMILES string of the molecule is O=Cc1nncn1-c1ccc(O)cc1.